The van der Waals surface area contributed by atoms with Gasteiger partial charge in [-0.15, -0.1) is 5.10 Å². The summed E-state index contributed by atoms with van der Waals surface area (Å²) in [6, 6.07) is 7.28. The van der Waals surface area contributed by atoms with E-state index in [4.69, 9.17) is 0 Å². The van der Waals surface area contributed by atoms with Crippen molar-refractivity contribution in [2.24, 2.45) is 5.92 Å². The molecule has 35 heavy (non-hydrogen) atoms. The number of aromatic nitrogens is 5. The molecule has 2 fully saturated rings. The fraction of sp³-hybridized carbons (Fsp3) is 0.643. The second-order valence-corrected chi connectivity index (χ2v) is 11.2. The molecule has 0 amide bonds. The number of benzene rings is 1. The molecule has 188 valence electrons. The Labute approximate surface area is 208 Å². The molecule has 1 atom stereocenters. The zero-order valence-electron chi connectivity index (χ0n) is 21.8. The van der Waals surface area contributed by atoms with Crippen molar-refractivity contribution in [2.75, 3.05) is 0 Å². The SMILES string of the molecule is Cc1cc2cc(CN(C3CCCCC3)[C@H](c3nnnn3C3CCCC3)C(C)C)c(=O)[nH]c2cc1C. The maximum absolute atomic E-state index is 13.3. The second-order valence-electron chi connectivity index (χ2n) is 11.2. The number of hydrogen-bond acceptors (Lipinski definition) is 5. The third kappa shape index (κ3) is 4.92. The molecule has 0 radical (unpaired) electrons. The highest BCUT2D eigenvalue weighted by atomic mass is 16.1. The first-order chi connectivity index (χ1) is 16.9. The summed E-state index contributed by atoms with van der Waals surface area (Å²) in [6.07, 6.45) is 10.9. The zero-order chi connectivity index (χ0) is 24.5. The van der Waals surface area contributed by atoms with Crippen molar-refractivity contribution in [3.8, 4) is 0 Å². The minimum Gasteiger partial charge on any atom is -0.322 e. The van der Waals surface area contributed by atoms with E-state index in [9.17, 15) is 4.79 Å². The van der Waals surface area contributed by atoms with Crippen LogP contribution in [0.4, 0.5) is 0 Å². The normalized spacial score (nSPS) is 18.8. The predicted molar refractivity (Wildman–Crippen MR) is 139 cm³/mol. The van der Waals surface area contributed by atoms with E-state index < -0.39 is 0 Å². The molecule has 0 aliphatic heterocycles. The van der Waals surface area contributed by atoms with Crippen molar-refractivity contribution in [2.45, 2.75) is 110 Å². The molecule has 2 aliphatic rings. The Kier molecular flexibility index (Phi) is 7.05. The highest BCUT2D eigenvalue weighted by Crippen LogP contribution is 2.38. The topological polar surface area (TPSA) is 79.7 Å². The largest absolute Gasteiger partial charge is 0.322 e. The lowest BCUT2D eigenvalue weighted by molar-refractivity contribution is 0.0598. The molecule has 7 heteroatoms. The van der Waals surface area contributed by atoms with Gasteiger partial charge in [0.05, 0.1) is 12.1 Å². The standard InChI is InChI=1S/C28H40N6O/c1-18(2)26(27-30-31-32-34(27)24-12-8-9-13-24)33(23-10-6-5-7-11-23)17-22-16-21-14-19(3)20(4)15-25(21)29-28(22)35/h14-16,18,23-24,26H,5-13,17H2,1-4H3,(H,29,35)/t26-/m0/s1. The molecule has 0 unspecified atom stereocenters. The molecule has 2 aromatic heterocycles. The monoisotopic (exact) mass is 476 g/mol. The molecule has 1 N–H and O–H groups in total. The zero-order valence-corrected chi connectivity index (χ0v) is 21.8. The van der Waals surface area contributed by atoms with Crippen molar-refractivity contribution < 1.29 is 0 Å². The van der Waals surface area contributed by atoms with Crippen LogP contribution in [0, 0.1) is 19.8 Å². The number of fused-ring (bicyclic) bond motifs is 1. The van der Waals surface area contributed by atoms with Gasteiger partial charge in [-0.2, -0.15) is 0 Å². The first-order valence-electron chi connectivity index (χ1n) is 13.6. The predicted octanol–water partition coefficient (Wildman–Crippen LogP) is 5.78. The summed E-state index contributed by atoms with van der Waals surface area (Å²) in [4.78, 5) is 19.0. The summed E-state index contributed by atoms with van der Waals surface area (Å²) in [6.45, 7) is 9.37. The third-order valence-corrected chi connectivity index (χ3v) is 8.37. The molecule has 2 aliphatic carbocycles. The van der Waals surface area contributed by atoms with E-state index in [0.29, 0.717) is 24.5 Å². The number of pyridine rings is 1. The molecule has 2 heterocycles. The molecule has 0 spiro atoms. The van der Waals surface area contributed by atoms with Crippen LogP contribution in [-0.2, 0) is 6.54 Å². The Morgan fingerprint density at radius 2 is 1.69 bits per heavy atom. The van der Waals surface area contributed by atoms with Crippen molar-refractivity contribution in [3.05, 3.63) is 51.1 Å². The van der Waals surface area contributed by atoms with Crippen LogP contribution in [0.3, 0.4) is 0 Å². The van der Waals surface area contributed by atoms with Gasteiger partial charge in [-0.1, -0.05) is 46.0 Å². The number of tetrazole rings is 1. The average molecular weight is 477 g/mol. The van der Waals surface area contributed by atoms with Gasteiger partial charge in [0.25, 0.3) is 5.56 Å². The summed E-state index contributed by atoms with van der Waals surface area (Å²) >= 11 is 0. The van der Waals surface area contributed by atoms with Gasteiger partial charge >= 0.3 is 0 Å². The quantitative estimate of drug-likeness (QED) is 0.468. The number of hydrogen-bond donors (Lipinski definition) is 1. The summed E-state index contributed by atoms with van der Waals surface area (Å²) in [5.74, 6) is 1.30. The lowest BCUT2D eigenvalue weighted by Gasteiger charge is -2.41. The van der Waals surface area contributed by atoms with Crippen LogP contribution in [-0.4, -0.2) is 36.1 Å². The van der Waals surface area contributed by atoms with E-state index in [1.807, 2.05) is 0 Å². The van der Waals surface area contributed by atoms with Crippen LogP contribution in [0.15, 0.2) is 23.0 Å². The first-order valence-corrected chi connectivity index (χ1v) is 13.6. The molecule has 1 aromatic carbocycles. The Morgan fingerprint density at radius 3 is 2.40 bits per heavy atom. The summed E-state index contributed by atoms with van der Waals surface area (Å²) in [5, 5.41) is 14.3. The Bertz CT molecular complexity index is 1220. The fourth-order valence-electron chi connectivity index (χ4n) is 6.34. The third-order valence-electron chi connectivity index (χ3n) is 8.37. The van der Waals surface area contributed by atoms with E-state index in [1.54, 1.807) is 0 Å². The van der Waals surface area contributed by atoms with Crippen molar-refractivity contribution in [3.63, 3.8) is 0 Å². The molecule has 3 aromatic rings. The van der Waals surface area contributed by atoms with Gasteiger partial charge in [0.2, 0.25) is 0 Å². The molecule has 5 rings (SSSR count). The van der Waals surface area contributed by atoms with Gasteiger partial charge in [0, 0.05) is 23.7 Å². The lowest BCUT2D eigenvalue weighted by Crippen LogP contribution is -2.43. The van der Waals surface area contributed by atoms with Gasteiger partial charge in [0.15, 0.2) is 5.82 Å². The van der Waals surface area contributed by atoms with E-state index >= 15 is 0 Å². The van der Waals surface area contributed by atoms with Crippen LogP contribution >= 0.6 is 0 Å². The van der Waals surface area contributed by atoms with Crippen LogP contribution in [0.25, 0.3) is 10.9 Å². The highest BCUT2D eigenvalue weighted by Gasteiger charge is 2.36. The lowest BCUT2D eigenvalue weighted by atomic mass is 9.90. The van der Waals surface area contributed by atoms with Crippen LogP contribution in [0.5, 0.6) is 0 Å². The van der Waals surface area contributed by atoms with Crippen LogP contribution in [0.2, 0.25) is 0 Å². The minimum absolute atomic E-state index is 0.0134. The number of aromatic amines is 1. The summed E-state index contributed by atoms with van der Waals surface area (Å²) in [5.41, 5.74) is 4.20. The van der Waals surface area contributed by atoms with Crippen LogP contribution < -0.4 is 5.56 Å². The molecule has 2 saturated carbocycles. The summed E-state index contributed by atoms with van der Waals surface area (Å²) < 4.78 is 2.12. The van der Waals surface area contributed by atoms with Gasteiger partial charge in [-0.25, -0.2) is 4.68 Å². The number of H-pyrrole nitrogens is 1. The Hall–Kier alpha value is -2.54. The molecular formula is C28H40N6O. The van der Waals surface area contributed by atoms with E-state index in [1.165, 1.54) is 43.2 Å². The molecule has 0 saturated heterocycles. The van der Waals surface area contributed by atoms with Crippen LogP contribution in [0.1, 0.15) is 106 Å². The van der Waals surface area contributed by atoms with Crippen molar-refractivity contribution >= 4 is 10.9 Å². The highest BCUT2D eigenvalue weighted by molar-refractivity contribution is 5.80. The van der Waals surface area contributed by atoms with E-state index in [0.717, 1.165) is 48.0 Å². The first kappa shape index (κ1) is 24.2. The maximum Gasteiger partial charge on any atom is 0.252 e. The van der Waals surface area contributed by atoms with Gasteiger partial charge in [-0.05, 0) is 90.6 Å². The summed E-state index contributed by atoms with van der Waals surface area (Å²) in [7, 11) is 0. The Balaban J connectivity index is 1.56. The van der Waals surface area contributed by atoms with E-state index in [2.05, 4.69) is 76.0 Å². The number of aryl methyl sites for hydroxylation is 2. The number of rotatable bonds is 7. The average Bonchev–Trinajstić information content (AvgIpc) is 3.53. The van der Waals surface area contributed by atoms with E-state index in [-0.39, 0.29) is 11.6 Å². The van der Waals surface area contributed by atoms with Gasteiger partial charge < -0.3 is 4.98 Å². The second kappa shape index (κ2) is 10.2. The molecule has 7 nitrogen and oxygen atoms in total. The number of nitrogens with zero attached hydrogens (tertiary/aromatic N) is 5. The molecule has 0 bridgehead atoms. The van der Waals surface area contributed by atoms with Gasteiger partial charge in [-0.3, -0.25) is 9.69 Å². The van der Waals surface area contributed by atoms with Crippen molar-refractivity contribution in [1.82, 2.24) is 30.1 Å². The molecular weight excluding hydrogens is 436 g/mol. The smallest absolute Gasteiger partial charge is 0.252 e. The maximum atomic E-state index is 13.3. The minimum atomic E-state index is 0.0134. The fourth-order valence-corrected chi connectivity index (χ4v) is 6.34. The van der Waals surface area contributed by atoms with Crippen molar-refractivity contribution in [1.29, 1.82) is 0 Å². The van der Waals surface area contributed by atoms with Gasteiger partial charge in [0.1, 0.15) is 0 Å². The Morgan fingerprint density at radius 1 is 1.00 bits per heavy atom. The number of nitrogens with one attached hydrogen (secondary N) is 1.